The Balaban J connectivity index is 2.19. The fraction of sp³-hybridized carbons (Fsp3) is 0.467. The van der Waals surface area contributed by atoms with E-state index in [-0.39, 0.29) is 4.90 Å². The van der Waals surface area contributed by atoms with Crippen molar-refractivity contribution >= 4 is 31.8 Å². The molecule has 2 fully saturated rings. The first-order chi connectivity index (χ1) is 11.8. The second-order valence-electron chi connectivity index (χ2n) is 6.78. The Bertz CT molecular complexity index is 1010. The Morgan fingerprint density at radius 3 is 2.27 bits per heavy atom. The van der Waals surface area contributed by atoms with E-state index in [0.29, 0.717) is 4.90 Å². The number of fused-ring (bicyclic) bond motifs is 1. The van der Waals surface area contributed by atoms with Crippen molar-refractivity contribution < 1.29 is 35.7 Å². The lowest BCUT2D eigenvalue weighted by molar-refractivity contribution is -0.194. The zero-order valence-corrected chi connectivity index (χ0v) is 15.8. The maximum absolute atomic E-state index is 12.7. The number of nitrogens with zero attached hydrogens (tertiary/aromatic N) is 1. The first-order valence-corrected chi connectivity index (χ1v) is 10.6. The number of carbonyl (C=O) groups is 2. The SMILES string of the molecule is Cc1ccc(S(=O)(=O)O[C@@]2(C(=O)O)N3C(=O)C[C@H]3S(=O)(=O)C2(C)C)cc1. The minimum Gasteiger partial charge on any atom is -0.478 e. The van der Waals surface area contributed by atoms with Crippen LogP contribution in [0, 0.1) is 6.92 Å². The lowest BCUT2D eigenvalue weighted by Gasteiger charge is -2.43. The molecule has 0 aliphatic carbocycles. The number of benzene rings is 1. The average molecular weight is 403 g/mol. The molecule has 2 aliphatic heterocycles. The van der Waals surface area contributed by atoms with Crippen LogP contribution in [0.25, 0.3) is 0 Å². The Morgan fingerprint density at radius 1 is 1.27 bits per heavy atom. The van der Waals surface area contributed by atoms with Gasteiger partial charge in [0.25, 0.3) is 15.8 Å². The minimum atomic E-state index is -4.67. The zero-order valence-electron chi connectivity index (χ0n) is 14.2. The Morgan fingerprint density at radius 2 is 1.81 bits per heavy atom. The molecule has 0 radical (unpaired) electrons. The molecular weight excluding hydrogens is 386 g/mol. The summed E-state index contributed by atoms with van der Waals surface area (Å²) in [6.45, 7) is 3.82. The Kier molecular flexibility index (Phi) is 3.81. The number of aliphatic carboxylic acids is 1. The van der Waals surface area contributed by atoms with E-state index in [4.69, 9.17) is 4.18 Å². The number of sulfone groups is 1. The number of aryl methyl sites for hydroxylation is 1. The first kappa shape index (κ1) is 18.8. The van der Waals surface area contributed by atoms with Gasteiger partial charge in [-0.3, -0.25) is 9.69 Å². The van der Waals surface area contributed by atoms with Crippen molar-refractivity contribution in [3.8, 4) is 0 Å². The van der Waals surface area contributed by atoms with Crippen LogP contribution in [0.1, 0.15) is 25.8 Å². The molecule has 1 amide bonds. The van der Waals surface area contributed by atoms with E-state index in [0.717, 1.165) is 19.4 Å². The van der Waals surface area contributed by atoms with Gasteiger partial charge in [-0.15, -0.1) is 0 Å². The molecule has 9 nitrogen and oxygen atoms in total. The molecule has 0 aromatic heterocycles. The van der Waals surface area contributed by atoms with Crippen molar-refractivity contribution in [2.24, 2.45) is 0 Å². The summed E-state index contributed by atoms with van der Waals surface area (Å²) in [5.74, 6) is -2.66. The van der Waals surface area contributed by atoms with Crippen LogP contribution in [0.2, 0.25) is 0 Å². The van der Waals surface area contributed by atoms with Crippen LogP contribution in [0.4, 0.5) is 0 Å². The summed E-state index contributed by atoms with van der Waals surface area (Å²) < 4.78 is 53.5. The molecule has 1 N–H and O–H groups in total. The van der Waals surface area contributed by atoms with Crippen molar-refractivity contribution in [2.45, 2.75) is 47.9 Å². The summed E-state index contributed by atoms with van der Waals surface area (Å²) in [5.41, 5.74) is -2.12. The Labute approximate surface area is 150 Å². The highest BCUT2D eigenvalue weighted by Gasteiger charge is 2.79. The third kappa shape index (κ3) is 2.10. The molecular formula is C15H17NO8S2. The van der Waals surface area contributed by atoms with Gasteiger partial charge in [-0.1, -0.05) is 17.7 Å². The number of hydrogen-bond donors (Lipinski definition) is 1. The second kappa shape index (κ2) is 5.27. The van der Waals surface area contributed by atoms with Crippen LogP contribution in [-0.2, 0) is 33.7 Å². The molecule has 1 aromatic rings. The highest BCUT2D eigenvalue weighted by atomic mass is 32.2. The van der Waals surface area contributed by atoms with Crippen molar-refractivity contribution in [3.63, 3.8) is 0 Å². The van der Waals surface area contributed by atoms with Gasteiger partial charge >= 0.3 is 5.97 Å². The summed E-state index contributed by atoms with van der Waals surface area (Å²) in [6.07, 6.45) is -0.408. The predicted octanol–water partition coefficient (Wildman–Crippen LogP) is 0.247. The van der Waals surface area contributed by atoms with Gasteiger partial charge < -0.3 is 5.11 Å². The van der Waals surface area contributed by atoms with Gasteiger partial charge in [0.15, 0.2) is 9.84 Å². The number of carboxylic acid groups (broad SMARTS) is 1. The van der Waals surface area contributed by atoms with E-state index in [1.807, 2.05) is 0 Å². The molecule has 2 heterocycles. The number of carboxylic acids is 1. The number of hydrogen-bond acceptors (Lipinski definition) is 7. The van der Waals surface area contributed by atoms with E-state index in [9.17, 15) is 31.5 Å². The molecule has 11 heteroatoms. The highest BCUT2D eigenvalue weighted by molar-refractivity contribution is 7.94. The molecule has 0 spiro atoms. The van der Waals surface area contributed by atoms with Crippen LogP contribution in [-0.4, -0.2) is 54.6 Å². The van der Waals surface area contributed by atoms with Gasteiger partial charge in [-0.2, -0.15) is 8.42 Å². The van der Waals surface area contributed by atoms with E-state index in [1.54, 1.807) is 6.92 Å². The number of β-lactam (4-membered cyclic amide) rings is 1. The number of carbonyl (C=O) groups excluding carboxylic acids is 1. The molecule has 142 valence electrons. The third-order valence-corrected chi connectivity index (χ3v) is 9.06. The number of rotatable bonds is 4. The molecule has 2 atom stereocenters. The highest BCUT2D eigenvalue weighted by Crippen LogP contribution is 2.53. The van der Waals surface area contributed by atoms with Gasteiger partial charge in [0.05, 0.1) is 11.3 Å². The van der Waals surface area contributed by atoms with Crippen molar-refractivity contribution in [1.29, 1.82) is 0 Å². The van der Waals surface area contributed by atoms with Crippen molar-refractivity contribution in [2.75, 3.05) is 0 Å². The monoisotopic (exact) mass is 403 g/mol. The number of amides is 1. The minimum absolute atomic E-state index is 0.339. The van der Waals surface area contributed by atoms with Gasteiger partial charge in [0.2, 0.25) is 5.91 Å². The van der Waals surface area contributed by atoms with E-state index >= 15 is 0 Å². The molecule has 1 aromatic carbocycles. The quantitative estimate of drug-likeness (QED) is 0.558. The lowest BCUT2D eigenvalue weighted by Crippen LogP contribution is -2.69. The molecule has 0 unspecified atom stereocenters. The van der Waals surface area contributed by atoms with Gasteiger partial charge in [-0.25, -0.2) is 17.4 Å². The third-order valence-electron chi connectivity index (χ3n) is 4.96. The maximum Gasteiger partial charge on any atom is 0.360 e. The van der Waals surface area contributed by atoms with Crippen molar-refractivity contribution in [1.82, 2.24) is 4.90 Å². The molecule has 0 saturated carbocycles. The van der Waals surface area contributed by atoms with E-state index < -0.39 is 54.1 Å². The predicted molar refractivity (Wildman–Crippen MR) is 88.1 cm³/mol. The Hall–Kier alpha value is -1.98. The zero-order chi connectivity index (χ0) is 19.7. The fourth-order valence-electron chi connectivity index (χ4n) is 3.29. The van der Waals surface area contributed by atoms with Crippen LogP contribution in [0.5, 0.6) is 0 Å². The largest absolute Gasteiger partial charge is 0.478 e. The lowest BCUT2D eigenvalue weighted by atomic mass is 9.94. The topological polar surface area (TPSA) is 135 Å². The van der Waals surface area contributed by atoms with Crippen molar-refractivity contribution in [3.05, 3.63) is 29.8 Å². The average Bonchev–Trinajstić information content (AvgIpc) is 2.60. The van der Waals surface area contributed by atoms with Crippen LogP contribution in [0.3, 0.4) is 0 Å². The summed E-state index contributed by atoms with van der Waals surface area (Å²) in [6, 6.07) is 5.40. The smallest absolute Gasteiger partial charge is 0.360 e. The second-order valence-corrected chi connectivity index (χ2v) is 11.0. The summed E-state index contributed by atoms with van der Waals surface area (Å²) in [5, 5.41) is 8.36. The summed E-state index contributed by atoms with van der Waals surface area (Å²) in [7, 11) is -8.85. The van der Waals surface area contributed by atoms with Gasteiger partial charge in [-0.05, 0) is 32.9 Å². The van der Waals surface area contributed by atoms with Crippen LogP contribution < -0.4 is 0 Å². The van der Waals surface area contributed by atoms with E-state index in [1.165, 1.54) is 24.3 Å². The fourth-order valence-corrected chi connectivity index (χ4v) is 6.78. The molecule has 3 rings (SSSR count). The van der Waals surface area contributed by atoms with Crippen LogP contribution in [0.15, 0.2) is 29.2 Å². The summed E-state index contributed by atoms with van der Waals surface area (Å²) in [4.78, 5) is 24.2. The molecule has 2 aliphatic rings. The summed E-state index contributed by atoms with van der Waals surface area (Å²) >= 11 is 0. The molecule has 2 saturated heterocycles. The molecule has 0 bridgehead atoms. The standard InChI is InChI=1S/C15H17NO8S2/c1-9-4-6-10(7-5-9)26(22,23)24-15(13(18)19)14(2,3)25(20,21)12-8-11(17)16(12)15/h4-7,12H,8H2,1-3H3,(H,18,19)/t12-,15-/m1/s1. The van der Waals surface area contributed by atoms with Gasteiger partial charge in [0, 0.05) is 0 Å². The van der Waals surface area contributed by atoms with Crippen LogP contribution >= 0.6 is 0 Å². The van der Waals surface area contributed by atoms with E-state index in [2.05, 4.69) is 0 Å². The molecule has 26 heavy (non-hydrogen) atoms. The van der Waals surface area contributed by atoms with Gasteiger partial charge in [0.1, 0.15) is 10.1 Å². The maximum atomic E-state index is 12.7. The normalized spacial score (nSPS) is 29.1. The first-order valence-electron chi connectivity index (χ1n) is 7.60.